The maximum absolute atomic E-state index is 11.7. The van der Waals surface area contributed by atoms with E-state index in [0.717, 1.165) is 12.1 Å². The number of anilines is 2. The van der Waals surface area contributed by atoms with E-state index in [4.69, 9.17) is 10.5 Å². The Balaban J connectivity index is 2.86. The van der Waals surface area contributed by atoms with Gasteiger partial charge in [-0.15, -0.1) is 12.6 Å². The standard InChI is InChI=1S/C12H18N2O2S/c1-3-8-12(17,11(15)16-2)14-10-6-4-9(13)5-7-10/h4-7,14,17H,3,8,13H2,1-2H3. The molecule has 17 heavy (non-hydrogen) atoms. The van der Waals surface area contributed by atoms with Crippen LogP contribution in [0.25, 0.3) is 0 Å². The number of benzene rings is 1. The van der Waals surface area contributed by atoms with Crippen molar-refractivity contribution in [2.24, 2.45) is 0 Å². The van der Waals surface area contributed by atoms with Gasteiger partial charge in [0, 0.05) is 11.4 Å². The van der Waals surface area contributed by atoms with Gasteiger partial charge >= 0.3 is 5.97 Å². The van der Waals surface area contributed by atoms with Gasteiger partial charge in [0.2, 0.25) is 0 Å². The first-order valence-corrected chi connectivity index (χ1v) is 5.91. The lowest BCUT2D eigenvalue weighted by Crippen LogP contribution is -2.41. The zero-order chi connectivity index (χ0) is 12.9. The Morgan fingerprint density at radius 2 is 2.06 bits per heavy atom. The summed E-state index contributed by atoms with van der Waals surface area (Å²) in [6.45, 7) is 1.98. The van der Waals surface area contributed by atoms with E-state index >= 15 is 0 Å². The molecule has 3 N–H and O–H groups in total. The first-order chi connectivity index (χ1) is 8.01. The Kier molecular flexibility index (Phi) is 4.69. The molecule has 0 heterocycles. The summed E-state index contributed by atoms with van der Waals surface area (Å²) in [6.07, 6.45) is 1.40. The van der Waals surface area contributed by atoms with E-state index in [1.807, 2.05) is 6.92 Å². The SMILES string of the molecule is CCCC(S)(Nc1ccc(N)cc1)C(=O)OC. The third-order valence-corrected chi connectivity index (χ3v) is 2.91. The molecule has 94 valence electrons. The highest BCUT2D eigenvalue weighted by atomic mass is 32.1. The van der Waals surface area contributed by atoms with Gasteiger partial charge in [0.05, 0.1) is 7.11 Å². The summed E-state index contributed by atoms with van der Waals surface area (Å²) in [7, 11) is 1.35. The molecular formula is C12H18N2O2S. The fourth-order valence-electron chi connectivity index (χ4n) is 1.55. The van der Waals surface area contributed by atoms with Crippen molar-refractivity contribution < 1.29 is 9.53 Å². The van der Waals surface area contributed by atoms with E-state index in [1.165, 1.54) is 7.11 Å². The topological polar surface area (TPSA) is 64.3 Å². The number of carbonyl (C=O) groups is 1. The van der Waals surface area contributed by atoms with Gasteiger partial charge in [-0.1, -0.05) is 13.3 Å². The summed E-state index contributed by atoms with van der Waals surface area (Å²) in [5, 5.41) is 3.07. The van der Waals surface area contributed by atoms with Crippen molar-refractivity contribution in [2.45, 2.75) is 24.6 Å². The Labute approximate surface area is 107 Å². The fraction of sp³-hybridized carbons (Fsp3) is 0.417. The van der Waals surface area contributed by atoms with Crippen LogP contribution in [0.2, 0.25) is 0 Å². The number of esters is 1. The third kappa shape index (κ3) is 3.56. The van der Waals surface area contributed by atoms with E-state index in [2.05, 4.69) is 17.9 Å². The van der Waals surface area contributed by atoms with E-state index < -0.39 is 4.87 Å². The lowest BCUT2D eigenvalue weighted by molar-refractivity contribution is -0.142. The zero-order valence-corrected chi connectivity index (χ0v) is 11.0. The van der Waals surface area contributed by atoms with Gasteiger partial charge in [0.15, 0.2) is 4.87 Å². The van der Waals surface area contributed by atoms with Crippen LogP contribution in [0.5, 0.6) is 0 Å². The summed E-state index contributed by atoms with van der Waals surface area (Å²) in [5.41, 5.74) is 7.06. The minimum Gasteiger partial charge on any atom is -0.467 e. The normalized spacial score (nSPS) is 13.8. The highest BCUT2D eigenvalue weighted by Gasteiger charge is 2.34. The first-order valence-electron chi connectivity index (χ1n) is 5.46. The van der Waals surface area contributed by atoms with Crippen molar-refractivity contribution in [3.05, 3.63) is 24.3 Å². The van der Waals surface area contributed by atoms with E-state index in [1.54, 1.807) is 24.3 Å². The van der Waals surface area contributed by atoms with Gasteiger partial charge in [-0.3, -0.25) is 0 Å². The molecular weight excluding hydrogens is 236 g/mol. The van der Waals surface area contributed by atoms with Crippen molar-refractivity contribution in [3.8, 4) is 0 Å². The van der Waals surface area contributed by atoms with Crippen LogP contribution in [-0.2, 0) is 9.53 Å². The van der Waals surface area contributed by atoms with Crippen LogP contribution in [0.15, 0.2) is 24.3 Å². The van der Waals surface area contributed by atoms with Gasteiger partial charge in [-0.2, -0.15) is 0 Å². The number of thiol groups is 1. The molecule has 0 radical (unpaired) electrons. The molecule has 1 unspecified atom stereocenters. The zero-order valence-electron chi connectivity index (χ0n) is 10.1. The number of carbonyl (C=O) groups excluding carboxylic acids is 1. The predicted molar refractivity (Wildman–Crippen MR) is 73.1 cm³/mol. The van der Waals surface area contributed by atoms with Gasteiger partial charge < -0.3 is 15.8 Å². The number of hydrogen-bond acceptors (Lipinski definition) is 5. The molecule has 0 bridgehead atoms. The molecule has 0 spiro atoms. The predicted octanol–water partition coefficient (Wildman–Crippen LogP) is 2.28. The molecule has 1 atom stereocenters. The fourth-order valence-corrected chi connectivity index (χ4v) is 2.00. The average Bonchev–Trinajstić information content (AvgIpc) is 2.31. The van der Waals surface area contributed by atoms with Gasteiger partial charge in [-0.05, 0) is 30.7 Å². The summed E-state index contributed by atoms with van der Waals surface area (Å²) < 4.78 is 4.76. The second kappa shape index (κ2) is 5.82. The second-order valence-corrected chi connectivity index (χ2v) is 4.61. The second-order valence-electron chi connectivity index (χ2n) is 3.85. The number of rotatable bonds is 5. The van der Waals surface area contributed by atoms with Gasteiger partial charge in [0.1, 0.15) is 0 Å². The van der Waals surface area contributed by atoms with Crippen molar-refractivity contribution >= 4 is 30.0 Å². The molecule has 4 nitrogen and oxygen atoms in total. The minimum atomic E-state index is -1.00. The van der Waals surface area contributed by atoms with Crippen LogP contribution in [0.4, 0.5) is 11.4 Å². The molecule has 0 saturated heterocycles. The number of ether oxygens (including phenoxy) is 1. The van der Waals surface area contributed by atoms with Crippen LogP contribution < -0.4 is 11.1 Å². The van der Waals surface area contributed by atoms with Crippen molar-refractivity contribution in [1.29, 1.82) is 0 Å². The number of nitrogens with two attached hydrogens (primary N) is 1. The Morgan fingerprint density at radius 3 is 2.53 bits per heavy atom. The lowest BCUT2D eigenvalue weighted by Gasteiger charge is -2.27. The maximum Gasteiger partial charge on any atom is 0.341 e. The average molecular weight is 254 g/mol. The largest absolute Gasteiger partial charge is 0.467 e. The monoisotopic (exact) mass is 254 g/mol. The Bertz CT molecular complexity index is 381. The summed E-state index contributed by atoms with van der Waals surface area (Å²) in [4.78, 5) is 10.7. The van der Waals surface area contributed by atoms with E-state index in [0.29, 0.717) is 12.1 Å². The first kappa shape index (κ1) is 13.7. The molecule has 0 aliphatic heterocycles. The van der Waals surface area contributed by atoms with Crippen LogP contribution in [0.1, 0.15) is 19.8 Å². The molecule has 0 amide bonds. The number of hydrogen-bond donors (Lipinski definition) is 3. The molecule has 1 rings (SSSR count). The summed E-state index contributed by atoms with van der Waals surface area (Å²) >= 11 is 4.39. The number of nitrogen functional groups attached to an aromatic ring is 1. The van der Waals surface area contributed by atoms with Crippen LogP contribution in [0, 0.1) is 0 Å². The number of nitrogens with one attached hydrogen (secondary N) is 1. The molecule has 0 fully saturated rings. The molecule has 0 aliphatic carbocycles. The Hall–Kier alpha value is -1.36. The van der Waals surface area contributed by atoms with Crippen LogP contribution in [-0.4, -0.2) is 18.0 Å². The van der Waals surface area contributed by atoms with Gasteiger partial charge in [-0.25, -0.2) is 4.79 Å². The molecule has 1 aromatic carbocycles. The van der Waals surface area contributed by atoms with E-state index in [9.17, 15) is 4.79 Å². The Morgan fingerprint density at radius 1 is 1.47 bits per heavy atom. The van der Waals surface area contributed by atoms with Crippen molar-refractivity contribution in [1.82, 2.24) is 0 Å². The highest BCUT2D eigenvalue weighted by Crippen LogP contribution is 2.26. The smallest absolute Gasteiger partial charge is 0.341 e. The summed E-state index contributed by atoms with van der Waals surface area (Å²) in [5.74, 6) is -0.389. The summed E-state index contributed by atoms with van der Waals surface area (Å²) in [6, 6.07) is 7.14. The highest BCUT2D eigenvalue weighted by molar-refractivity contribution is 7.82. The van der Waals surface area contributed by atoms with Crippen molar-refractivity contribution in [3.63, 3.8) is 0 Å². The molecule has 0 aromatic heterocycles. The molecule has 0 aliphatic rings. The van der Waals surface area contributed by atoms with Crippen LogP contribution in [0.3, 0.4) is 0 Å². The number of methoxy groups -OCH3 is 1. The van der Waals surface area contributed by atoms with Gasteiger partial charge in [0.25, 0.3) is 0 Å². The maximum atomic E-state index is 11.7. The third-order valence-electron chi connectivity index (χ3n) is 2.40. The van der Waals surface area contributed by atoms with E-state index in [-0.39, 0.29) is 5.97 Å². The minimum absolute atomic E-state index is 0.389. The quantitative estimate of drug-likeness (QED) is 0.326. The molecule has 5 heteroatoms. The lowest BCUT2D eigenvalue weighted by atomic mass is 10.1. The van der Waals surface area contributed by atoms with Crippen molar-refractivity contribution in [2.75, 3.05) is 18.2 Å². The molecule has 1 aromatic rings. The van der Waals surface area contributed by atoms with Crippen LogP contribution >= 0.6 is 12.6 Å². The molecule has 0 saturated carbocycles.